The Morgan fingerprint density at radius 2 is 0.784 bits per heavy atom. The van der Waals surface area contributed by atoms with Crippen LogP contribution in [0.15, 0.2) is 218 Å². The molecule has 0 fully saturated rings. The molecule has 1 aliphatic heterocycles. The molecule has 0 atom stereocenters. The van der Waals surface area contributed by atoms with Crippen LogP contribution in [0, 0.1) is 0 Å². The third-order valence-electron chi connectivity index (χ3n) is 10.1. The molecule has 51 heavy (non-hydrogen) atoms. The summed E-state index contributed by atoms with van der Waals surface area (Å²) in [5.41, 5.74) is 13.5. The summed E-state index contributed by atoms with van der Waals surface area (Å²) in [6, 6.07) is 78.9. The molecular formula is C49H36N2. The molecule has 1 heterocycles. The summed E-state index contributed by atoms with van der Waals surface area (Å²) in [6.45, 7) is 0. The van der Waals surface area contributed by atoms with Crippen LogP contribution in [0.2, 0.25) is 0 Å². The second-order valence-electron chi connectivity index (χ2n) is 13.0. The molecule has 9 rings (SSSR count). The van der Waals surface area contributed by atoms with Crippen molar-refractivity contribution in [2.24, 2.45) is 0 Å². The van der Waals surface area contributed by atoms with Gasteiger partial charge in [-0.3, -0.25) is 0 Å². The molecule has 0 N–H and O–H groups in total. The molecule has 0 saturated heterocycles. The lowest BCUT2D eigenvalue weighted by Crippen LogP contribution is -2.37. The Morgan fingerprint density at radius 3 is 1.41 bits per heavy atom. The maximum atomic E-state index is 2.44. The van der Waals surface area contributed by atoms with Crippen LogP contribution in [0.3, 0.4) is 0 Å². The topological polar surface area (TPSA) is 6.48 Å². The van der Waals surface area contributed by atoms with E-state index in [1.807, 2.05) is 0 Å². The van der Waals surface area contributed by atoms with Crippen molar-refractivity contribution < 1.29 is 0 Å². The molecule has 242 valence electrons. The largest absolute Gasteiger partial charge is 0.310 e. The van der Waals surface area contributed by atoms with Gasteiger partial charge in [0.15, 0.2) is 0 Å². The highest BCUT2D eigenvalue weighted by Gasteiger charge is 2.46. The van der Waals surface area contributed by atoms with E-state index in [-0.39, 0.29) is 0 Å². The van der Waals surface area contributed by atoms with Crippen LogP contribution in [-0.4, -0.2) is 0 Å². The van der Waals surface area contributed by atoms with Gasteiger partial charge in [0.05, 0.1) is 16.8 Å². The Balaban J connectivity index is 1.32. The Morgan fingerprint density at radius 1 is 0.333 bits per heavy atom. The van der Waals surface area contributed by atoms with E-state index in [4.69, 9.17) is 0 Å². The average Bonchev–Trinajstić information content (AvgIpc) is 3.22. The van der Waals surface area contributed by atoms with Gasteiger partial charge in [0.25, 0.3) is 0 Å². The highest BCUT2D eigenvalue weighted by Crippen LogP contribution is 2.58. The number of anilines is 6. The van der Waals surface area contributed by atoms with Crippen LogP contribution in [0.4, 0.5) is 34.1 Å². The zero-order valence-corrected chi connectivity index (χ0v) is 28.2. The fourth-order valence-corrected chi connectivity index (χ4v) is 7.90. The lowest BCUT2D eigenvalue weighted by molar-refractivity contribution is 0.731. The number of rotatable bonds is 7. The van der Waals surface area contributed by atoms with Gasteiger partial charge in [0, 0.05) is 22.7 Å². The second kappa shape index (κ2) is 13.0. The molecule has 0 spiro atoms. The first-order chi connectivity index (χ1) is 25.3. The monoisotopic (exact) mass is 652 g/mol. The number of fused-ring (bicyclic) bond motifs is 2. The van der Waals surface area contributed by atoms with E-state index in [1.165, 1.54) is 39.1 Å². The first-order valence-electron chi connectivity index (χ1n) is 17.5. The van der Waals surface area contributed by atoms with Crippen LogP contribution in [0.1, 0.15) is 22.3 Å². The lowest BCUT2D eigenvalue weighted by atomic mass is 9.62. The summed E-state index contributed by atoms with van der Waals surface area (Å²) in [5.74, 6) is 0. The average molecular weight is 653 g/mol. The van der Waals surface area contributed by atoms with Crippen molar-refractivity contribution in [1.29, 1.82) is 0 Å². The highest BCUT2D eigenvalue weighted by molar-refractivity contribution is 5.92. The molecule has 0 unspecified atom stereocenters. The van der Waals surface area contributed by atoms with Gasteiger partial charge in [-0.15, -0.1) is 0 Å². The van der Waals surface area contributed by atoms with E-state index in [2.05, 4.69) is 228 Å². The van der Waals surface area contributed by atoms with Crippen LogP contribution in [0.5, 0.6) is 0 Å². The summed E-state index contributed by atoms with van der Waals surface area (Å²) in [6.07, 6.45) is 0. The highest BCUT2D eigenvalue weighted by atomic mass is 15.2. The van der Waals surface area contributed by atoms with E-state index in [1.54, 1.807) is 0 Å². The summed E-state index contributed by atoms with van der Waals surface area (Å²) < 4.78 is 0. The molecule has 2 nitrogen and oxygen atoms in total. The summed E-state index contributed by atoms with van der Waals surface area (Å²) >= 11 is 0. The van der Waals surface area contributed by atoms with Gasteiger partial charge in [-0.2, -0.15) is 0 Å². The minimum absolute atomic E-state index is 0.548. The van der Waals surface area contributed by atoms with Gasteiger partial charge in [-0.25, -0.2) is 0 Å². The minimum atomic E-state index is -0.548. The van der Waals surface area contributed by atoms with Crippen molar-refractivity contribution in [3.63, 3.8) is 0 Å². The van der Waals surface area contributed by atoms with Gasteiger partial charge in [-0.05, 0) is 88.0 Å². The van der Waals surface area contributed by atoms with Gasteiger partial charge in [0.2, 0.25) is 0 Å². The zero-order chi connectivity index (χ0) is 34.0. The predicted molar refractivity (Wildman–Crippen MR) is 213 cm³/mol. The second-order valence-corrected chi connectivity index (χ2v) is 13.0. The van der Waals surface area contributed by atoms with Crippen molar-refractivity contribution >= 4 is 34.1 Å². The summed E-state index contributed by atoms with van der Waals surface area (Å²) in [4.78, 5) is 4.81. The van der Waals surface area contributed by atoms with E-state index < -0.39 is 5.41 Å². The lowest BCUT2D eigenvalue weighted by Gasteiger charge is -2.47. The van der Waals surface area contributed by atoms with E-state index in [0.29, 0.717) is 0 Å². The van der Waals surface area contributed by atoms with Crippen LogP contribution in [0.25, 0.3) is 11.1 Å². The molecule has 2 heteroatoms. The molecule has 8 aromatic rings. The fourth-order valence-electron chi connectivity index (χ4n) is 7.90. The van der Waals surface area contributed by atoms with Crippen molar-refractivity contribution in [2.75, 3.05) is 9.80 Å². The van der Waals surface area contributed by atoms with E-state index >= 15 is 0 Å². The maximum absolute atomic E-state index is 2.44. The van der Waals surface area contributed by atoms with Crippen molar-refractivity contribution in [3.8, 4) is 11.1 Å². The third-order valence-corrected chi connectivity index (χ3v) is 10.1. The number of benzene rings is 8. The maximum Gasteiger partial charge on any atom is 0.0742 e. The molecule has 0 amide bonds. The Hall–Kier alpha value is -6.64. The fraction of sp³-hybridized carbons (Fsp3) is 0.0204. The number of nitrogens with zero attached hydrogens (tertiary/aromatic N) is 2. The van der Waals surface area contributed by atoms with Gasteiger partial charge < -0.3 is 9.80 Å². The normalized spacial score (nSPS) is 12.8. The molecule has 0 aliphatic carbocycles. The first-order valence-corrected chi connectivity index (χ1v) is 17.5. The standard InChI is InChI=1S/C49H36N2/c1-6-18-37(19-7-1)38-30-32-43(33-31-38)50(41-24-12-4-13-25-41)44-34-35-46-48(36-44)51(42-26-14-5-15-27-42)47-29-17-16-28-45(47)49(46,39-20-8-2-9-21-39)40-22-10-3-11-23-40/h1-36H. The van der Waals surface area contributed by atoms with E-state index in [0.717, 1.165) is 28.4 Å². The molecule has 0 saturated carbocycles. The smallest absolute Gasteiger partial charge is 0.0742 e. The Bertz CT molecular complexity index is 2350. The van der Waals surface area contributed by atoms with E-state index in [9.17, 15) is 0 Å². The predicted octanol–water partition coefficient (Wildman–Crippen LogP) is 13.0. The molecule has 0 aromatic heterocycles. The van der Waals surface area contributed by atoms with Crippen LogP contribution in [-0.2, 0) is 5.41 Å². The van der Waals surface area contributed by atoms with Gasteiger partial charge >= 0.3 is 0 Å². The van der Waals surface area contributed by atoms with Crippen LogP contribution < -0.4 is 9.80 Å². The quantitative estimate of drug-likeness (QED) is 0.169. The van der Waals surface area contributed by atoms with Crippen molar-refractivity contribution in [1.82, 2.24) is 0 Å². The Labute approximate surface area is 300 Å². The molecule has 1 aliphatic rings. The Kier molecular flexibility index (Phi) is 7.75. The van der Waals surface area contributed by atoms with Crippen molar-refractivity contribution in [3.05, 3.63) is 241 Å². The molecule has 8 aromatic carbocycles. The zero-order valence-electron chi connectivity index (χ0n) is 28.2. The van der Waals surface area contributed by atoms with Gasteiger partial charge in [0.1, 0.15) is 0 Å². The van der Waals surface area contributed by atoms with Crippen LogP contribution >= 0.6 is 0 Å². The molecular weight excluding hydrogens is 617 g/mol. The number of para-hydroxylation sites is 3. The first kappa shape index (κ1) is 30.4. The molecule has 0 bridgehead atoms. The van der Waals surface area contributed by atoms with Gasteiger partial charge in [-0.1, -0.05) is 164 Å². The minimum Gasteiger partial charge on any atom is -0.310 e. The SMILES string of the molecule is c1ccc(-c2ccc(N(c3ccccc3)c3ccc4c(c3)N(c3ccccc3)c3ccccc3C4(c3ccccc3)c3ccccc3)cc2)cc1. The van der Waals surface area contributed by atoms with Crippen molar-refractivity contribution in [2.45, 2.75) is 5.41 Å². The number of hydrogen-bond acceptors (Lipinski definition) is 2. The third kappa shape index (κ3) is 5.21. The number of hydrogen-bond donors (Lipinski definition) is 0. The summed E-state index contributed by atoms with van der Waals surface area (Å²) in [7, 11) is 0. The molecule has 0 radical (unpaired) electrons. The summed E-state index contributed by atoms with van der Waals surface area (Å²) in [5, 5.41) is 0.